The molecule has 0 aliphatic carbocycles. The van der Waals surface area contributed by atoms with Crippen molar-refractivity contribution >= 4 is 17.5 Å². The van der Waals surface area contributed by atoms with Crippen molar-refractivity contribution in [2.45, 2.75) is 51.4 Å². The second kappa shape index (κ2) is 9.65. The number of hydrogen-bond donors (Lipinski definition) is 0. The van der Waals surface area contributed by atoms with Crippen molar-refractivity contribution in [2.75, 3.05) is 19.0 Å². The summed E-state index contributed by atoms with van der Waals surface area (Å²) in [6.07, 6.45) is 2.23. The summed E-state index contributed by atoms with van der Waals surface area (Å²) in [5, 5.41) is 12.5. The number of carbonyl (C=O) groups is 1. The second-order valence-electron chi connectivity index (χ2n) is 7.54. The highest BCUT2D eigenvalue weighted by Crippen LogP contribution is 2.25. The van der Waals surface area contributed by atoms with Crippen molar-refractivity contribution < 1.29 is 14.3 Å². The summed E-state index contributed by atoms with van der Waals surface area (Å²) in [6.45, 7) is 7.99. The quantitative estimate of drug-likeness (QED) is 0.370. The molecule has 8 nitrogen and oxygen atoms in total. The third-order valence-electron chi connectivity index (χ3n) is 5.37. The van der Waals surface area contributed by atoms with E-state index in [0.717, 1.165) is 47.8 Å². The summed E-state index contributed by atoms with van der Waals surface area (Å²) in [5.41, 5.74) is 3.66. The lowest BCUT2D eigenvalue weighted by Crippen LogP contribution is -2.17. The Morgan fingerprint density at radius 3 is 2.81 bits per heavy atom. The van der Waals surface area contributed by atoms with E-state index in [1.165, 1.54) is 11.8 Å². The van der Waals surface area contributed by atoms with Crippen molar-refractivity contribution in [1.29, 1.82) is 0 Å². The zero-order valence-electron chi connectivity index (χ0n) is 18.1. The van der Waals surface area contributed by atoms with Gasteiger partial charge in [-0.1, -0.05) is 11.8 Å². The number of rotatable bonds is 9. The molecule has 31 heavy (non-hydrogen) atoms. The summed E-state index contributed by atoms with van der Waals surface area (Å²) >= 11 is 1.36. The van der Waals surface area contributed by atoms with Crippen LogP contribution in [0.15, 0.2) is 35.5 Å². The van der Waals surface area contributed by atoms with Crippen LogP contribution < -0.4 is 4.74 Å². The number of nitrogens with zero attached hydrogens (tertiary/aromatic N) is 5. The molecule has 1 atom stereocenters. The van der Waals surface area contributed by atoms with Crippen molar-refractivity contribution in [3.05, 3.63) is 47.3 Å². The molecule has 0 spiro atoms. The van der Waals surface area contributed by atoms with Gasteiger partial charge in [-0.15, -0.1) is 5.10 Å². The van der Waals surface area contributed by atoms with E-state index in [1.807, 2.05) is 51.1 Å². The van der Waals surface area contributed by atoms with Gasteiger partial charge in [-0.2, -0.15) is 0 Å². The lowest BCUT2D eigenvalue weighted by molar-refractivity contribution is 0.0912. The van der Waals surface area contributed by atoms with Gasteiger partial charge in [0.15, 0.2) is 5.78 Å². The van der Waals surface area contributed by atoms with E-state index < -0.39 is 0 Å². The molecule has 4 rings (SSSR count). The normalized spacial score (nSPS) is 16.0. The molecule has 1 fully saturated rings. The van der Waals surface area contributed by atoms with Gasteiger partial charge in [0.25, 0.3) is 0 Å². The first-order chi connectivity index (χ1) is 15.1. The van der Waals surface area contributed by atoms with Crippen LogP contribution in [0.1, 0.15) is 41.5 Å². The molecule has 0 N–H and O–H groups in total. The van der Waals surface area contributed by atoms with Crippen LogP contribution in [0.3, 0.4) is 0 Å². The van der Waals surface area contributed by atoms with Crippen LogP contribution in [0.5, 0.6) is 5.75 Å². The van der Waals surface area contributed by atoms with Crippen LogP contribution in [0.4, 0.5) is 0 Å². The Morgan fingerprint density at radius 2 is 2.10 bits per heavy atom. The van der Waals surface area contributed by atoms with Crippen LogP contribution in [0.25, 0.3) is 5.69 Å². The molecule has 2 aromatic heterocycles. The molecular weight excluding hydrogens is 414 g/mol. The van der Waals surface area contributed by atoms with Crippen LogP contribution in [0, 0.1) is 13.8 Å². The molecule has 164 valence electrons. The van der Waals surface area contributed by atoms with E-state index in [-0.39, 0.29) is 17.6 Å². The first-order valence-electron chi connectivity index (χ1n) is 10.5. The van der Waals surface area contributed by atoms with E-state index in [2.05, 4.69) is 20.1 Å². The number of ketones is 1. The van der Waals surface area contributed by atoms with Gasteiger partial charge in [-0.05, 0) is 74.4 Å². The van der Waals surface area contributed by atoms with Crippen LogP contribution >= 0.6 is 11.8 Å². The standard InChI is InChI=1S/C22H27N5O3S/c1-4-29-18-9-7-17(8-10-18)27-15(2)12-20(16(27)3)21(28)14-31-22-23-24-25-26(22)13-19-6-5-11-30-19/h7-10,12,19H,4-6,11,13-14H2,1-3H3/t19-/m0/s1. The fraction of sp³-hybridized carbons (Fsp3) is 0.455. The lowest BCUT2D eigenvalue weighted by Gasteiger charge is -2.11. The van der Waals surface area contributed by atoms with E-state index >= 15 is 0 Å². The van der Waals surface area contributed by atoms with Crippen LogP contribution in [-0.2, 0) is 11.3 Å². The Hall–Kier alpha value is -2.65. The minimum Gasteiger partial charge on any atom is -0.494 e. The molecule has 0 amide bonds. The van der Waals surface area contributed by atoms with Gasteiger partial charge in [0.1, 0.15) is 5.75 Å². The van der Waals surface area contributed by atoms with Gasteiger partial charge < -0.3 is 14.0 Å². The average molecular weight is 442 g/mol. The van der Waals surface area contributed by atoms with Gasteiger partial charge in [-0.25, -0.2) is 4.68 Å². The van der Waals surface area contributed by atoms with E-state index in [0.29, 0.717) is 18.3 Å². The molecule has 1 aliphatic rings. The highest BCUT2D eigenvalue weighted by atomic mass is 32.2. The maximum Gasteiger partial charge on any atom is 0.209 e. The summed E-state index contributed by atoms with van der Waals surface area (Å²) in [6, 6.07) is 9.86. The Bertz CT molecular complexity index is 1040. The highest BCUT2D eigenvalue weighted by molar-refractivity contribution is 7.99. The summed E-state index contributed by atoms with van der Waals surface area (Å²) in [7, 11) is 0. The number of tetrazole rings is 1. The number of ether oxygens (including phenoxy) is 2. The fourth-order valence-corrected chi connectivity index (χ4v) is 4.67. The first-order valence-corrected chi connectivity index (χ1v) is 11.5. The molecule has 1 aliphatic heterocycles. The molecule has 0 radical (unpaired) electrons. The molecule has 0 saturated carbocycles. The predicted octanol–water partition coefficient (Wildman–Crippen LogP) is 3.63. The maximum absolute atomic E-state index is 13.0. The SMILES string of the molecule is CCOc1ccc(-n2c(C)cc(C(=O)CSc3nnnn3C[C@@H]3CCCO3)c2C)cc1. The molecule has 0 unspecified atom stereocenters. The molecule has 0 bridgehead atoms. The number of carbonyl (C=O) groups excluding carboxylic acids is 1. The van der Waals surface area contributed by atoms with Crippen molar-refractivity contribution in [2.24, 2.45) is 0 Å². The molecule has 1 saturated heterocycles. The van der Waals surface area contributed by atoms with Crippen LogP contribution in [-0.4, -0.2) is 55.6 Å². The Labute approximate surface area is 185 Å². The minimum atomic E-state index is 0.0574. The molecular formula is C22H27N5O3S. The van der Waals surface area contributed by atoms with Gasteiger partial charge in [-0.3, -0.25) is 4.79 Å². The number of aryl methyl sites for hydroxylation is 1. The Morgan fingerprint density at radius 1 is 1.29 bits per heavy atom. The van der Waals surface area contributed by atoms with Gasteiger partial charge in [0, 0.05) is 29.2 Å². The molecule has 3 heterocycles. The average Bonchev–Trinajstić information content (AvgIpc) is 3.49. The zero-order valence-corrected chi connectivity index (χ0v) is 18.9. The predicted molar refractivity (Wildman–Crippen MR) is 118 cm³/mol. The lowest BCUT2D eigenvalue weighted by atomic mass is 10.2. The van der Waals surface area contributed by atoms with E-state index in [1.54, 1.807) is 4.68 Å². The maximum atomic E-state index is 13.0. The Kier molecular flexibility index (Phi) is 6.72. The van der Waals surface area contributed by atoms with E-state index in [9.17, 15) is 4.79 Å². The van der Waals surface area contributed by atoms with Crippen LogP contribution in [0.2, 0.25) is 0 Å². The number of Topliss-reactive ketones (excluding diaryl/α,β-unsaturated/α-hetero) is 1. The molecule has 3 aromatic rings. The summed E-state index contributed by atoms with van der Waals surface area (Å²) in [5.74, 6) is 1.17. The molecule has 1 aromatic carbocycles. The highest BCUT2D eigenvalue weighted by Gasteiger charge is 2.21. The third kappa shape index (κ3) is 4.83. The minimum absolute atomic E-state index is 0.0574. The van der Waals surface area contributed by atoms with Gasteiger partial charge >= 0.3 is 0 Å². The summed E-state index contributed by atoms with van der Waals surface area (Å²) < 4.78 is 15.0. The van der Waals surface area contributed by atoms with Crippen molar-refractivity contribution in [3.63, 3.8) is 0 Å². The topological polar surface area (TPSA) is 84.1 Å². The largest absolute Gasteiger partial charge is 0.494 e. The fourth-order valence-electron chi connectivity index (χ4n) is 3.90. The monoisotopic (exact) mass is 441 g/mol. The smallest absolute Gasteiger partial charge is 0.209 e. The second-order valence-corrected chi connectivity index (χ2v) is 8.48. The number of benzene rings is 1. The first kappa shape index (κ1) is 21.6. The number of hydrogen-bond acceptors (Lipinski definition) is 7. The molecule has 9 heteroatoms. The van der Waals surface area contributed by atoms with Crippen molar-refractivity contribution in [3.8, 4) is 11.4 Å². The third-order valence-corrected chi connectivity index (χ3v) is 6.33. The van der Waals surface area contributed by atoms with Gasteiger partial charge in [0.05, 0.1) is 25.0 Å². The number of aromatic nitrogens is 5. The van der Waals surface area contributed by atoms with Crippen molar-refractivity contribution in [1.82, 2.24) is 24.8 Å². The zero-order chi connectivity index (χ0) is 21.8. The van der Waals surface area contributed by atoms with E-state index in [4.69, 9.17) is 9.47 Å². The van der Waals surface area contributed by atoms with Gasteiger partial charge in [0.2, 0.25) is 5.16 Å². The summed E-state index contributed by atoms with van der Waals surface area (Å²) in [4.78, 5) is 13.0. The Balaban J connectivity index is 1.45. The number of thioether (sulfide) groups is 1.